The minimum absolute atomic E-state index is 0.183. The number of carbonyl (C=O) groups excluding carboxylic acids is 1. The number of thiophene rings is 2. The molecule has 2 N–H and O–H groups in total. The fraction of sp³-hybridized carbons (Fsp3) is 0.267. The summed E-state index contributed by atoms with van der Waals surface area (Å²) in [5.41, 5.74) is 3.74. The molecule has 0 aliphatic heterocycles. The Morgan fingerprint density at radius 2 is 2.17 bits per heavy atom. The monoisotopic (exact) mass is 365 g/mol. The van der Waals surface area contributed by atoms with Crippen LogP contribution in [0.1, 0.15) is 32.6 Å². The molecule has 0 unspecified atom stereocenters. The van der Waals surface area contributed by atoms with Crippen LogP contribution in [0.25, 0.3) is 10.2 Å². The van der Waals surface area contributed by atoms with Crippen molar-refractivity contribution in [3.63, 3.8) is 0 Å². The van der Waals surface area contributed by atoms with Crippen LogP contribution in [0.5, 0.6) is 0 Å². The summed E-state index contributed by atoms with van der Waals surface area (Å²) in [5, 5.41) is 2.35. The predicted molar refractivity (Wildman–Crippen MR) is 98.1 cm³/mol. The van der Waals surface area contributed by atoms with Crippen molar-refractivity contribution in [3.8, 4) is 0 Å². The molecular weight excluding hydrogens is 350 g/mol. The van der Waals surface area contributed by atoms with Crippen LogP contribution in [0.15, 0.2) is 16.2 Å². The van der Waals surface area contributed by atoms with Crippen LogP contribution < -0.4 is 11.0 Å². The fourth-order valence-electron chi connectivity index (χ4n) is 2.28. The van der Waals surface area contributed by atoms with Gasteiger partial charge in [0.1, 0.15) is 4.83 Å². The molecule has 120 valence electrons. The summed E-state index contributed by atoms with van der Waals surface area (Å²) in [4.78, 5) is 31.0. The molecule has 0 aromatic carbocycles. The Bertz CT molecular complexity index is 1020. The van der Waals surface area contributed by atoms with E-state index in [1.54, 1.807) is 5.38 Å². The number of hydrogen-bond acceptors (Lipinski definition) is 5. The minimum Gasteiger partial charge on any atom is -0.322 e. The van der Waals surface area contributed by atoms with Gasteiger partial charge in [-0.1, -0.05) is 6.92 Å². The van der Waals surface area contributed by atoms with E-state index in [0.717, 1.165) is 31.2 Å². The maximum atomic E-state index is 12.7. The quantitative estimate of drug-likeness (QED) is 0.695. The minimum atomic E-state index is -0.341. The van der Waals surface area contributed by atoms with Crippen molar-refractivity contribution in [3.05, 3.63) is 47.5 Å². The molecule has 5 nitrogen and oxygen atoms in total. The lowest BCUT2D eigenvalue weighted by Crippen LogP contribution is -2.34. The lowest BCUT2D eigenvalue weighted by Gasteiger charge is -2.07. The van der Waals surface area contributed by atoms with Gasteiger partial charge in [0.05, 0.1) is 10.9 Å². The van der Waals surface area contributed by atoms with E-state index in [4.69, 9.17) is 12.2 Å². The Balaban J connectivity index is 2.06. The zero-order valence-electron chi connectivity index (χ0n) is 12.9. The highest BCUT2D eigenvalue weighted by atomic mass is 32.1. The van der Waals surface area contributed by atoms with Crippen molar-refractivity contribution >= 4 is 51.0 Å². The first-order valence-electron chi connectivity index (χ1n) is 7.06. The molecule has 0 saturated heterocycles. The first-order valence-corrected chi connectivity index (χ1v) is 9.16. The summed E-state index contributed by atoms with van der Waals surface area (Å²) in [6.07, 6.45) is 0.872. The first kappa shape index (κ1) is 16.1. The zero-order valence-corrected chi connectivity index (χ0v) is 15.3. The van der Waals surface area contributed by atoms with Gasteiger partial charge in [-0.25, -0.2) is 0 Å². The predicted octanol–water partition coefficient (Wildman–Crippen LogP) is 3.75. The molecule has 0 radical (unpaired) electrons. The summed E-state index contributed by atoms with van der Waals surface area (Å²) in [5.74, 6) is -0.341. The summed E-state index contributed by atoms with van der Waals surface area (Å²) >= 11 is 8.23. The molecule has 3 aromatic rings. The fourth-order valence-corrected chi connectivity index (χ4v) is 4.44. The third-order valence-electron chi connectivity index (χ3n) is 3.70. The number of carbonyl (C=O) groups is 1. The summed E-state index contributed by atoms with van der Waals surface area (Å²) < 4.78 is 1.30. The van der Waals surface area contributed by atoms with Crippen LogP contribution in [0, 0.1) is 18.6 Å². The lowest BCUT2D eigenvalue weighted by molar-refractivity contribution is 0.101. The van der Waals surface area contributed by atoms with Crippen LogP contribution in [0.2, 0.25) is 0 Å². The van der Waals surface area contributed by atoms with Gasteiger partial charge in [-0.2, -0.15) is 4.68 Å². The second-order valence-electron chi connectivity index (χ2n) is 5.15. The summed E-state index contributed by atoms with van der Waals surface area (Å²) in [6, 6.07) is 1.83. The van der Waals surface area contributed by atoms with Gasteiger partial charge < -0.3 is 4.98 Å². The number of fused-ring (bicyclic) bond motifs is 1. The number of nitrogens with zero attached hydrogens (tertiary/aromatic N) is 1. The molecule has 3 aromatic heterocycles. The largest absolute Gasteiger partial charge is 0.322 e. The van der Waals surface area contributed by atoms with Gasteiger partial charge in [0, 0.05) is 15.1 Å². The van der Waals surface area contributed by atoms with Crippen LogP contribution in [0.3, 0.4) is 0 Å². The molecule has 3 rings (SSSR count). The molecule has 0 aliphatic carbocycles. The molecule has 1 amide bonds. The number of rotatable bonds is 3. The number of aromatic amines is 1. The third kappa shape index (κ3) is 2.77. The van der Waals surface area contributed by atoms with Crippen molar-refractivity contribution in [2.24, 2.45) is 0 Å². The highest BCUT2D eigenvalue weighted by Gasteiger charge is 2.15. The van der Waals surface area contributed by atoms with Crippen LogP contribution >= 0.6 is 34.9 Å². The Kier molecular flexibility index (Phi) is 4.22. The van der Waals surface area contributed by atoms with Crippen LogP contribution in [0.4, 0.5) is 0 Å². The van der Waals surface area contributed by atoms with E-state index < -0.39 is 0 Å². The molecule has 0 fully saturated rings. The Morgan fingerprint density at radius 3 is 2.83 bits per heavy atom. The molecule has 3 heterocycles. The maximum Gasteiger partial charge on any atom is 0.282 e. The maximum absolute atomic E-state index is 12.7. The van der Waals surface area contributed by atoms with Gasteiger partial charge in [-0.05, 0) is 44.1 Å². The van der Waals surface area contributed by atoms with Gasteiger partial charge in [0.25, 0.3) is 11.5 Å². The number of hydrogen-bond donors (Lipinski definition) is 2. The van der Waals surface area contributed by atoms with Gasteiger partial charge in [0.15, 0.2) is 0 Å². The number of aryl methyl sites for hydroxylation is 3. The van der Waals surface area contributed by atoms with E-state index in [0.29, 0.717) is 10.9 Å². The molecule has 0 saturated carbocycles. The molecule has 0 aliphatic rings. The SMILES string of the molecule is CCc1cc(C(=O)Nn2c(=S)[nH]c3sc(C)c(C)c3c2=O)cs1. The van der Waals surface area contributed by atoms with Gasteiger partial charge >= 0.3 is 0 Å². The smallest absolute Gasteiger partial charge is 0.282 e. The summed E-state index contributed by atoms with van der Waals surface area (Å²) in [7, 11) is 0. The zero-order chi connectivity index (χ0) is 16.7. The lowest BCUT2D eigenvalue weighted by atomic mass is 10.2. The van der Waals surface area contributed by atoms with Crippen molar-refractivity contribution in [2.45, 2.75) is 27.2 Å². The second kappa shape index (κ2) is 6.03. The summed E-state index contributed by atoms with van der Waals surface area (Å²) in [6.45, 7) is 5.88. The van der Waals surface area contributed by atoms with Crippen molar-refractivity contribution in [2.75, 3.05) is 5.43 Å². The normalized spacial score (nSPS) is 11.1. The van der Waals surface area contributed by atoms with Gasteiger partial charge in [-0.3, -0.25) is 15.0 Å². The van der Waals surface area contributed by atoms with Gasteiger partial charge in [0.2, 0.25) is 4.77 Å². The number of H-pyrrole nitrogens is 1. The van der Waals surface area contributed by atoms with E-state index in [1.165, 1.54) is 22.7 Å². The Hall–Kier alpha value is -1.77. The molecule has 0 bridgehead atoms. The van der Waals surface area contributed by atoms with E-state index >= 15 is 0 Å². The Morgan fingerprint density at radius 1 is 1.43 bits per heavy atom. The number of aromatic nitrogens is 2. The van der Waals surface area contributed by atoms with Crippen LogP contribution in [-0.2, 0) is 6.42 Å². The molecule has 23 heavy (non-hydrogen) atoms. The van der Waals surface area contributed by atoms with E-state index in [2.05, 4.69) is 10.4 Å². The van der Waals surface area contributed by atoms with E-state index in [1.807, 2.05) is 26.8 Å². The molecule has 0 atom stereocenters. The number of nitrogens with one attached hydrogen (secondary N) is 2. The molecule has 8 heteroatoms. The van der Waals surface area contributed by atoms with Crippen molar-refractivity contribution in [1.29, 1.82) is 0 Å². The van der Waals surface area contributed by atoms with Crippen molar-refractivity contribution in [1.82, 2.24) is 9.66 Å². The van der Waals surface area contributed by atoms with Crippen molar-refractivity contribution < 1.29 is 4.79 Å². The van der Waals surface area contributed by atoms with E-state index in [-0.39, 0.29) is 16.2 Å². The highest BCUT2D eigenvalue weighted by Crippen LogP contribution is 2.25. The average molecular weight is 366 g/mol. The Labute approximate surface area is 145 Å². The molecular formula is C15H15N3O2S3. The topological polar surface area (TPSA) is 66.9 Å². The molecule has 0 spiro atoms. The number of amides is 1. The third-order valence-corrected chi connectivity index (χ3v) is 6.19. The first-order chi connectivity index (χ1) is 10.9. The average Bonchev–Trinajstić information content (AvgIpc) is 3.09. The standard InChI is InChI=1S/C15H15N3O2S3/c1-4-10-5-9(6-22-10)12(19)17-18-14(20)11-7(2)8(3)23-13(11)16-15(18)21/h5-6H,4H2,1-3H3,(H,16,21)(H,17,19). The highest BCUT2D eigenvalue weighted by molar-refractivity contribution is 7.71. The van der Waals surface area contributed by atoms with Crippen LogP contribution in [-0.4, -0.2) is 15.6 Å². The van der Waals surface area contributed by atoms with E-state index in [9.17, 15) is 9.59 Å². The van der Waals surface area contributed by atoms with Gasteiger partial charge in [-0.15, -0.1) is 22.7 Å². The second-order valence-corrected chi connectivity index (χ2v) is 7.76.